The van der Waals surface area contributed by atoms with E-state index in [1.165, 1.54) is 16.8 Å². The van der Waals surface area contributed by atoms with Gasteiger partial charge in [0.1, 0.15) is 6.61 Å². The lowest BCUT2D eigenvalue weighted by atomic mass is 10.3. The summed E-state index contributed by atoms with van der Waals surface area (Å²) in [5.74, 6) is -1.11. The topological polar surface area (TPSA) is 93.4 Å². The van der Waals surface area contributed by atoms with Crippen molar-refractivity contribution in [2.75, 3.05) is 6.61 Å². The Morgan fingerprint density at radius 1 is 1.71 bits per heavy atom. The Labute approximate surface area is 97.7 Å². The lowest BCUT2D eigenvalue weighted by molar-refractivity contribution is 0.0689. The van der Waals surface area contributed by atoms with Crippen molar-refractivity contribution >= 4 is 12.1 Å². The molecule has 0 aliphatic rings. The average Bonchev–Trinajstić information content (AvgIpc) is 2.65. The summed E-state index contributed by atoms with van der Waals surface area (Å²) in [6.45, 7) is 3.67. The Balaban J connectivity index is 2.54. The van der Waals surface area contributed by atoms with Crippen LogP contribution in [0.25, 0.3) is 0 Å². The summed E-state index contributed by atoms with van der Waals surface area (Å²) in [5, 5.41) is 14.9. The summed E-state index contributed by atoms with van der Waals surface area (Å²) in [4.78, 5) is 21.7. The molecule has 0 aromatic carbocycles. The first-order chi connectivity index (χ1) is 8.04. The second kappa shape index (κ2) is 5.69. The molecule has 92 valence electrons. The first-order valence-electron chi connectivity index (χ1n) is 4.82. The van der Waals surface area contributed by atoms with E-state index in [1.807, 2.05) is 0 Å². The van der Waals surface area contributed by atoms with Gasteiger partial charge < -0.3 is 15.2 Å². The van der Waals surface area contributed by atoms with Gasteiger partial charge in [-0.1, -0.05) is 12.7 Å². The van der Waals surface area contributed by atoms with E-state index < -0.39 is 12.1 Å². The monoisotopic (exact) mass is 239 g/mol. The second-order valence-electron chi connectivity index (χ2n) is 3.19. The number of aromatic nitrogens is 2. The van der Waals surface area contributed by atoms with E-state index in [4.69, 9.17) is 9.84 Å². The third-order valence-corrected chi connectivity index (χ3v) is 1.94. The smallest absolute Gasteiger partial charge is 0.407 e. The Morgan fingerprint density at radius 2 is 2.41 bits per heavy atom. The number of carbonyl (C=O) groups is 2. The van der Waals surface area contributed by atoms with Crippen molar-refractivity contribution in [2.24, 2.45) is 7.05 Å². The largest absolute Gasteiger partial charge is 0.476 e. The van der Waals surface area contributed by atoms with E-state index in [1.54, 1.807) is 7.05 Å². The van der Waals surface area contributed by atoms with Gasteiger partial charge in [0.25, 0.3) is 0 Å². The Hall–Kier alpha value is -2.31. The maximum absolute atomic E-state index is 11.1. The number of carbonyl (C=O) groups excluding carboxylic acids is 1. The molecule has 7 heteroatoms. The van der Waals surface area contributed by atoms with E-state index in [0.717, 1.165) is 0 Å². The molecule has 17 heavy (non-hydrogen) atoms. The highest BCUT2D eigenvalue weighted by Gasteiger charge is 2.11. The number of alkyl carbamates (subject to hydrolysis) is 1. The fourth-order valence-electron chi connectivity index (χ4n) is 1.12. The number of ether oxygens (including phenoxy) is 1. The number of hydrogen-bond acceptors (Lipinski definition) is 4. The zero-order valence-corrected chi connectivity index (χ0v) is 9.34. The van der Waals surface area contributed by atoms with Crippen molar-refractivity contribution in [3.05, 3.63) is 30.1 Å². The van der Waals surface area contributed by atoms with Crippen LogP contribution < -0.4 is 5.32 Å². The van der Waals surface area contributed by atoms with Crippen LogP contribution in [0.1, 0.15) is 16.2 Å². The molecule has 0 aliphatic heterocycles. The number of nitrogens with zero attached hydrogens (tertiary/aromatic N) is 2. The molecule has 0 fully saturated rings. The zero-order chi connectivity index (χ0) is 12.8. The molecule has 0 saturated heterocycles. The molecule has 1 aromatic rings. The van der Waals surface area contributed by atoms with E-state index in [2.05, 4.69) is 17.0 Å². The lowest BCUT2D eigenvalue weighted by Gasteiger charge is -2.04. The lowest BCUT2D eigenvalue weighted by Crippen LogP contribution is -2.24. The number of aryl methyl sites for hydroxylation is 1. The predicted octanol–water partition coefficient (Wildman–Crippen LogP) is 0.530. The quantitative estimate of drug-likeness (QED) is 0.731. The molecule has 1 aromatic heterocycles. The number of rotatable bonds is 5. The number of nitrogens with one attached hydrogen (secondary N) is 1. The average molecular weight is 239 g/mol. The van der Waals surface area contributed by atoms with Gasteiger partial charge in [-0.15, -0.1) is 0 Å². The molecule has 1 heterocycles. The van der Waals surface area contributed by atoms with Gasteiger partial charge in [-0.3, -0.25) is 4.68 Å². The zero-order valence-electron chi connectivity index (χ0n) is 9.34. The van der Waals surface area contributed by atoms with Gasteiger partial charge >= 0.3 is 12.1 Å². The van der Waals surface area contributed by atoms with Gasteiger partial charge in [0, 0.05) is 7.05 Å². The van der Waals surface area contributed by atoms with Crippen molar-refractivity contribution in [1.29, 1.82) is 0 Å². The van der Waals surface area contributed by atoms with Crippen LogP contribution in [-0.4, -0.2) is 33.6 Å². The second-order valence-corrected chi connectivity index (χ2v) is 3.19. The molecule has 0 unspecified atom stereocenters. The van der Waals surface area contributed by atoms with Crippen LogP contribution in [0.5, 0.6) is 0 Å². The highest BCUT2D eigenvalue weighted by atomic mass is 16.5. The van der Waals surface area contributed by atoms with Crippen molar-refractivity contribution in [1.82, 2.24) is 15.1 Å². The summed E-state index contributed by atoms with van der Waals surface area (Å²) in [7, 11) is 1.60. The molecule has 7 nitrogen and oxygen atoms in total. The van der Waals surface area contributed by atoms with Crippen molar-refractivity contribution in [2.45, 2.75) is 6.54 Å². The minimum absolute atomic E-state index is 0.0660. The van der Waals surface area contributed by atoms with Crippen LogP contribution in [0.15, 0.2) is 18.7 Å². The summed E-state index contributed by atoms with van der Waals surface area (Å²) in [5.41, 5.74) is 0.502. The highest BCUT2D eigenvalue weighted by Crippen LogP contribution is 2.02. The van der Waals surface area contributed by atoms with Crippen LogP contribution in [-0.2, 0) is 18.3 Å². The first kappa shape index (κ1) is 12.8. The fraction of sp³-hybridized carbons (Fsp3) is 0.300. The van der Waals surface area contributed by atoms with Crippen LogP contribution in [0.2, 0.25) is 0 Å². The summed E-state index contributed by atoms with van der Waals surface area (Å²) in [6, 6.07) is 1.39. The summed E-state index contributed by atoms with van der Waals surface area (Å²) in [6.07, 6.45) is 0.856. The molecule has 0 atom stereocenters. The Morgan fingerprint density at radius 3 is 2.94 bits per heavy atom. The molecule has 0 aliphatic carbocycles. The summed E-state index contributed by atoms with van der Waals surface area (Å²) >= 11 is 0. The maximum atomic E-state index is 11.1. The van der Waals surface area contributed by atoms with Crippen molar-refractivity contribution in [3.63, 3.8) is 0 Å². The van der Waals surface area contributed by atoms with Crippen molar-refractivity contribution in [3.8, 4) is 0 Å². The van der Waals surface area contributed by atoms with Gasteiger partial charge in [0.2, 0.25) is 0 Å². The minimum Gasteiger partial charge on any atom is -0.476 e. The van der Waals surface area contributed by atoms with Gasteiger partial charge in [0.05, 0.1) is 12.2 Å². The van der Waals surface area contributed by atoms with Crippen LogP contribution in [0.4, 0.5) is 4.79 Å². The third kappa shape index (κ3) is 3.63. The maximum Gasteiger partial charge on any atom is 0.407 e. The molecule has 1 rings (SSSR count). The summed E-state index contributed by atoms with van der Waals surface area (Å²) < 4.78 is 6.08. The minimum atomic E-state index is -1.11. The Kier molecular flexibility index (Phi) is 4.27. The number of amides is 1. The van der Waals surface area contributed by atoms with Gasteiger partial charge in [-0.2, -0.15) is 5.10 Å². The molecule has 0 radical (unpaired) electrons. The third-order valence-electron chi connectivity index (χ3n) is 1.94. The fourth-order valence-corrected chi connectivity index (χ4v) is 1.12. The molecule has 0 saturated carbocycles. The van der Waals surface area contributed by atoms with Gasteiger partial charge in [-0.05, 0) is 6.07 Å². The first-order valence-corrected chi connectivity index (χ1v) is 4.82. The molecule has 0 spiro atoms. The number of aromatic carboxylic acids is 1. The van der Waals surface area contributed by atoms with Gasteiger partial charge in [-0.25, -0.2) is 9.59 Å². The van der Waals surface area contributed by atoms with Crippen LogP contribution in [0, 0.1) is 0 Å². The molecule has 0 bridgehead atoms. The van der Waals surface area contributed by atoms with Crippen molar-refractivity contribution < 1.29 is 19.4 Å². The van der Waals surface area contributed by atoms with E-state index in [-0.39, 0.29) is 18.8 Å². The molecular weight excluding hydrogens is 226 g/mol. The van der Waals surface area contributed by atoms with E-state index in [0.29, 0.717) is 5.69 Å². The highest BCUT2D eigenvalue weighted by molar-refractivity contribution is 5.85. The normalized spacial score (nSPS) is 9.71. The molecule has 1 amide bonds. The standard InChI is InChI=1S/C10H13N3O4/c1-3-4-17-10(16)11-6-7-5-8(9(14)15)12-13(7)2/h3,5H,1,4,6H2,2H3,(H,11,16)(H,14,15). The van der Waals surface area contributed by atoms with E-state index in [9.17, 15) is 9.59 Å². The Bertz CT molecular complexity index is 439. The van der Waals surface area contributed by atoms with Crippen LogP contribution >= 0.6 is 0 Å². The number of hydrogen-bond donors (Lipinski definition) is 2. The van der Waals surface area contributed by atoms with E-state index >= 15 is 0 Å². The van der Waals surface area contributed by atoms with Gasteiger partial charge in [0.15, 0.2) is 5.69 Å². The number of carboxylic acid groups (broad SMARTS) is 1. The predicted molar refractivity (Wildman–Crippen MR) is 58.6 cm³/mol. The molecule has 2 N–H and O–H groups in total. The number of carboxylic acids is 1. The SMILES string of the molecule is C=CCOC(=O)NCc1cc(C(=O)O)nn1C. The van der Waals surface area contributed by atoms with Crippen LogP contribution in [0.3, 0.4) is 0 Å². The molecular formula is C10H13N3O4.